The lowest BCUT2D eigenvalue weighted by atomic mass is 10.0. The first-order valence-corrected chi connectivity index (χ1v) is 13.0. The Kier molecular flexibility index (Phi) is 7.55. The van der Waals surface area contributed by atoms with Gasteiger partial charge in [-0.3, -0.25) is 9.69 Å². The van der Waals surface area contributed by atoms with Gasteiger partial charge in [-0.15, -0.1) is 0 Å². The van der Waals surface area contributed by atoms with Crippen LogP contribution in [0.4, 0.5) is 4.39 Å². The molecule has 2 aliphatic heterocycles. The number of esters is 1. The predicted molar refractivity (Wildman–Crippen MR) is 140 cm³/mol. The van der Waals surface area contributed by atoms with Crippen LogP contribution in [0.25, 0.3) is 16.5 Å². The second kappa shape index (κ2) is 11.2. The summed E-state index contributed by atoms with van der Waals surface area (Å²) < 4.78 is 24.8. The molecule has 1 amide bonds. The molecular weight excluding hydrogens is 473 g/mol. The summed E-state index contributed by atoms with van der Waals surface area (Å²) in [4.78, 5) is 33.5. The normalized spacial score (nSPS) is 16.2. The summed E-state index contributed by atoms with van der Waals surface area (Å²) in [6, 6.07) is 11.3. The molecule has 194 valence electrons. The van der Waals surface area contributed by atoms with E-state index in [0.717, 1.165) is 41.9 Å². The summed E-state index contributed by atoms with van der Waals surface area (Å²) in [6.07, 6.45) is 5.87. The average molecular weight is 506 g/mol. The van der Waals surface area contributed by atoms with E-state index in [1.54, 1.807) is 13.1 Å². The Morgan fingerprint density at radius 3 is 2.57 bits per heavy atom. The van der Waals surface area contributed by atoms with Gasteiger partial charge in [0.25, 0.3) is 5.91 Å². The maximum Gasteiger partial charge on any atom is 0.341 e. The van der Waals surface area contributed by atoms with Gasteiger partial charge in [-0.25, -0.2) is 9.18 Å². The van der Waals surface area contributed by atoms with Crippen LogP contribution in [0.2, 0.25) is 0 Å². The van der Waals surface area contributed by atoms with E-state index in [-0.39, 0.29) is 18.1 Å². The molecule has 0 saturated carbocycles. The number of aromatic nitrogens is 1. The first-order valence-electron chi connectivity index (χ1n) is 13.0. The number of likely N-dealkylation sites (tertiary alicyclic amines) is 1. The van der Waals surface area contributed by atoms with Gasteiger partial charge in [0.2, 0.25) is 0 Å². The van der Waals surface area contributed by atoms with Crippen molar-refractivity contribution >= 4 is 28.4 Å². The highest BCUT2D eigenvalue weighted by Gasteiger charge is 2.28. The molecule has 7 nitrogen and oxygen atoms in total. The number of H-pyrrole nitrogens is 1. The van der Waals surface area contributed by atoms with Gasteiger partial charge in [0.05, 0.1) is 17.9 Å². The van der Waals surface area contributed by atoms with Crippen molar-refractivity contribution in [1.82, 2.24) is 14.8 Å². The molecular formula is C29H32FN3O4. The van der Waals surface area contributed by atoms with Crippen LogP contribution in [0.3, 0.4) is 0 Å². The lowest BCUT2D eigenvalue weighted by Crippen LogP contribution is -2.33. The third kappa shape index (κ3) is 5.54. The van der Waals surface area contributed by atoms with E-state index in [2.05, 4.69) is 9.88 Å². The Labute approximate surface area is 215 Å². The van der Waals surface area contributed by atoms with E-state index >= 15 is 0 Å². The number of nitrogens with one attached hydrogen (secondary N) is 1. The van der Waals surface area contributed by atoms with Crippen LogP contribution >= 0.6 is 0 Å². The number of ether oxygens (including phenoxy) is 2. The number of hydrogen-bond acceptors (Lipinski definition) is 5. The molecule has 2 aromatic carbocycles. The van der Waals surface area contributed by atoms with Crippen molar-refractivity contribution in [1.29, 1.82) is 0 Å². The molecule has 1 aromatic heterocycles. The summed E-state index contributed by atoms with van der Waals surface area (Å²) in [7, 11) is 0. The van der Waals surface area contributed by atoms with Crippen LogP contribution in [0, 0.1) is 5.82 Å². The van der Waals surface area contributed by atoms with Crippen molar-refractivity contribution < 1.29 is 23.5 Å². The van der Waals surface area contributed by atoms with Crippen molar-refractivity contribution in [3.05, 3.63) is 71.3 Å². The molecule has 37 heavy (non-hydrogen) atoms. The molecule has 0 atom stereocenters. The number of benzene rings is 2. The van der Waals surface area contributed by atoms with Crippen LogP contribution in [0.5, 0.6) is 5.75 Å². The highest BCUT2D eigenvalue weighted by atomic mass is 19.1. The number of carbonyl (C=O) groups excluding carboxylic acids is 2. The van der Waals surface area contributed by atoms with Crippen molar-refractivity contribution in [3.8, 4) is 5.75 Å². The van der Waals surface area contributed by atoms with Crippen LogP contribution < -0.4 is 4.74 Å². The Morgan fingerprint density at radius 2 is 1.81 bits per heavy atom. The minimum absolute atomic E-state index is 0.215. The van der Waals surface area contributed by atoms with E-state index in [4.69, 9.17) is 9.47 Å². The molecule has 0 bridgehead atoms. The summed E-state index contributed by atoms with van der Waals surface area (Å²) in [6.45, 7) is 6.10. The Morgan fingerprint density at radius 1 is 1.03 bits per heavy atom. The van der Waals surface area contributed by atoms with E-state index in [9.17, 15) is 14.0 Å². The Hall–Kier alpha value is -3.65. The fraction of sp³-hybridized carbons (Fsp3) is 0.379. The number of halogens is 1. The molecule has 8 heteroatoms. The van der Waals surface area contributed by atoms with Crippen molar-refractivity contribution in [3.63, 3.8) is 0 Å². The predicted octanol–water partition coefficient (Wildman–Crippen LogP) is 4.77. The van der Waals surface area contributed by atoms with E-state index in [1.165, 1.54) is 48.4 Å². The molecule has 2 aliphatic rings. The number of piperidine rings is 1. The SMILES string of the molecule is CCOC(=O)C1=CN(C(=O)c2ccc(F)cc2)CCc2c1[nH]c1ccc(OCCN3CCCCC3)cc21. The zero-order valence-corrected chi connectivity index (χ0v) is 21.1. The van der Waals surface area contributed by atoms with Crippen LogP contribution in [0.1, 0.15) is 47.8 Å². The number of aromatic amines is 1. The quantitative estimate of drug-likeness (QED) is 0.468. The van der Waals surface area contributed by atoms with Gasteiger partial charge >= 0.3 is 5.97 Å². The van der Waals surface area contributed by atoms with Gasteiger partial charge in [-0.1, -0.05) is 6.42 Å². The summed E-state index contributed by atoms with van der Waals surface area (Å²) in [5, 5.41) is 0.955. The van der Waals surface area contributed by atoms with Crippen LogP contribution in [-0.2, 0) is 16.0 Å². The zero-order valence-electron chi connectivity index (χ0n) is 21.1. The fourth-order valence-electron chi connectivity index (χ4n) is 5.08. The summed E-state index contributed by atoms with van der Waals surface area (Å²) >= 11 is 0. The fourth-order valence-corrected chi connectivity index (χ4v) is 5.08. The molecule has 1 fully saturated rings. The van der Waals surface area contributed by atoms with Crippen LogP contribution in [0.15, 0.2) is 48.7 Å². The van der Waals surface area contributed by atoms with E-state index in [1.807, 2.05) is 18.2 Å². The van der Waals surface area contributed by atoms with Crippen molar-refractivity contribution in [2.75, 3.05) is 39.4 Å². The van der Waals surface area contributed by atoms with Crippen molar-refractivity contribution in [2.45, 2.75) is 32.6 Å². The molecule has 0 aliphatic carbocycles. The highest BCUT2D eigenvalue weighted by Crippen LogP contribution is 2.34. The molecule has 1 saturated heterocycles. The first kappa shape index (κ1) is 25.0. The number of carbonyl (C=O) groups is 2. The van der Waals surface area contributed by atoms with Crippen LogP contribution in [-0.4, -0.2) is 66.1 Å². The molecule has 0 radical (unpaired) electrons. The number of hydrogen-bond donors (Lipinski definition) is 1. The van der Waals surface area contributed by atoms with Gasteiger partial charge < -0.3 is 19.4 Å². The molecule has 0 unspecified atom stereocenters. The summed E-state index contributed by atoms with van der Waals surface area (Å²) in [5.74, 6) is -0.452. The Balaban J connectivity index is 1.41. The third-order valence-electron chi connectivity index (χ3n) is 7.01. The maximum absolute atomic E-state index is 13.4. The van der Waals surface area contributed by atoms with Gasteiger partial charge in [-0.2, -0.15) is 0 Å². The highest BCUT2D eigenvalue weighted by molar-refractivity contribution is 6.18. The van der Waals surface area contributed by atoms with E-state index < -0.39 is 11.8 Å². The van der Waals surface area contributed by atoms with Gasteiger partial charge in [0.1, 0.15) is 18.2 Å². The Bertz CT molecular complexity index is 1310. The number of fused-ring (bicyclic) bond motifs is 3. The second-order valence-electron chi connectivity index (χ2n) is 9.46. The molecule has 3 heterocycles. The zero-order chi connectivity index (χ0) is 25.8. The number of amides is 1. The topological polar surface area (TPSA) is 74.9 Å². The van der Waals surface area contributed by atoms with Gasteiger partial charge in [0.15, 0.2) is 0 Å². The number of rotatable bonds is 7. The standard InChI is InChI=1S/C29H32FN3O4/c1-2-36-29(35)25-19-33(28(34)20-6-8-21(30)9-7-20)15-12-23-24-18-22(10-11-26(24)31-27(23)25)37-17-16-32-13-4-3-5-14-32/h6-11,18-19,31H,2-5,12-17H2,1H3. The second-order valence-corrected chi connectivity index (χ2v) is 9.46. The number of nitrogens with zero attached hydrogens (tertiary/aromatic N) is 2. The minimum atomic E-state index is -0.507. The van der Waals surface area contributed by atoms with E-state index in [0.29, 0.717) is 30.8 Å². The molecule has 1 N–H and O–H groups in total. The van der Waals surface area contributed by atoms with Gasteiger partial charge in [0, 0.05) is 35.8 Å². The average Bonchev–Trinajstić information content (AvgIpc) is 3.15. The van der Waals surface area contributed by atoms with Gasteiger partial charge in [-0.05, 0) is 87.3 Å². The largest absolute Gasteiger partial charge is 0.492 e. The summed E-state index contributed by atoms with van der Waals surface area (Å²) in [5.41, 5.74) is 3.11. The smallest absolute Gasteiger partial charge is 0.341 e. The third-order valence-corrected chi connectivity index (χ3v) is 7.01. The minimum Gasteiger partial charge on any atom is -0.492 e. The monoisotopic (exact) mass is 505 g/mol. The lowest BCUT2D eigenvalue weighted by Gasteiger charge is -2.26. The maximum atomic E-state index is 13.4. The van der Waals surface area contributed by atoms with Crippen molar-refractivity contribution in [2.24, 2.45) is 0 Å². The molecule has 5 rings (SSSR count). The molecule has 0 spiro atoms. The first-order chi connectivity index (χ1) is 18.0. The lowest BCUT2D eigenvalue weighted by molar-refractivity contribution is -0.136. The molecule has 3 aromatic rings.